The number of amides is 1. The fraction of sp³-hybridized carbons (Fsp3) is 0.643. The van der Waals surface area contributed by atoms with Gasteiger partial charge < -0.3 is 10.6 Å². The van der Waals surface area contributed by atoms with Crippen molar-refractivity contribution in [3.8, 4) is 0 Å². The molecule has 0 spiro atoms. The second kappa shape index (κ2) is 7.07. The van der Waals surface area contributed by atoms with Gasteiger partial charge in [0.2, 0.25) is 0 Å². The number of hydrogen-bond acceptors (Lipinski definition) is 4. The summed E-state index contributed by atoms with van der Waals surface area (Å²) in [5.74, 6) is 0.500. The van der Waals surface area contributed by atoms with E-state index in [0.29, 0.717) is 11.5 Å². The Morgan fingerprint density at radius 2 is 1.84 bits per heavy atom. The average molecular weight is 262 g/mol. The summed E-state index contributed by atoms with van der Waals surface area (Å²) < 4.78 is 0. The Morgan fingerprint density at radius 3 is 2.53 bits per heavy atom. The summed E-state index contributed by atoms with van der Waals surface area (Å²) in [5.41, 5.74) is 0.383. The predicted octanol–water partition coefficient (Wildman–Crippen LogP) is 2.36. The molecule has 2 N–H and O–H groups in total. The highest BCUT2D eigenvalue weighted by Gasteiger charge is 2.16. The molecule has 0 bridgehead atoms. The lowest BCUT2D eigenvalue weighted by molar-refractivity contribution is 0.0925. The van der Waals surface area contributed by atoms with Gasteiger partial charge in [0.15, 0.2) is 0 Å². The third-order valence-corrected chi connectivity index (χ3v) is 3.56. The average Bonchev–Trinajstić information content (AvgIpc) is 2.41. The lowest BCUT2D eigenvalue weighted by Crippen LogP contribution is -2.35. The Balaban J connectivity index is 1.94. The first kappa shape index (κ1) is 13.8. The molecule has 1 saturated carbocycles. The Kier molecular flexibility index (Phi) is 5.12. The summed E-state index contributed by atoms with van der Waals surface area (Å²) >= 11 is 0. The number of rotatable bonds is 3. The molecule has 1 aromatic heterocycles. The SMILES string of the molecule is CNc1cncc(C(=O)NC2CCCCCCC2)n1. The Labute approximate surface area is 114 Å². The number of carbonyl (C=O) groups is 1. The van der Waals surface area contributed by atoms with E-state index in [1.165, 1.54) is 38.3 Å². The van der Waals surface area contributed by atoms with Gasteiger partial charge in [-0.25, -0.2) is 4.98 Å². The van der Waals surface area contributed by atoms with Gasteiger partial charge in [0.25, 0.3) is 5.91 Å². The van der Waals surface area contributed by atoms with Gasteiger partial charge in [-0.2, -0.15) is 0 Å². The van der Waals surface area contributed by atoms with Crippen molar-refractivity contribution in [1.82, 2.24) is 15.3 Å². The fourth-order valence-electron chi connectivity index (χ4n) is 2.46. The lowest BCUT2D eigenvalue weighted by Gasteiger charge is -2.20. The molecule has 0 saturated heterocycles. The Hall–Kier alpha value is -1.65. The molecule has 1 heterocycles. The van der Waals surface area contributed by atoms with Gasteiger partial charge in [-0.1, -0.05) is 32.1 Å². The fourth-order valence-corrected chi connectivity index (χ4v) is 2.46. The van der Waals surface area contributed by atoms with Crippen LogP contribution in [0.3, 0.4) is 0 Å². The third kappa shape index (κ3) is 4.19. The molecular formula is C14H22N4O. The van der Waals surface area contributed by atoms with Crippen LogP contribution in [0.15, 0.2) is 12.4 Å². The maximum absolute atomic E-state index is 12.1. The van der Waals surface area contributed by atoms with Crippen LogP contribution in [0.2, 0.25) is 0 Å². The molecule has 0 aliphatic heterocycles. The molecule has 5 heteroatoms. The number of nitrogens with one attached hydrogen (secondary N) is 2. The smallest absolute Gasteiger partial charge is 0.271 e. The molecule has 19 heavy (non-hydrogen) atoms. The second-order valence-corrected chi connectivity index (χ2v) is 5.06. The van der Waals surface area contributed by atoms with Gasteiger partial charge >= 0.3 is 0 Å². The Bertz CT molecular complexity index is 414. The second-order valence-electron chi connectivity index (χ2n) is 5.06. The van der Waals surface area contributed by atoms with E-state index < -0.39 is 0 Å². The molecule has 5 nitrogen and oxygen atoms in total. The van der Waals surface area contributed by atoms with Crippen molar-refractivity contribution in [1.29, 1.82) is 0 Å². The van der Waals surface area contributed by atoms with Gasteiger partial charge in [-0.15, -0.1) is 0 Å². The molecule has 1 aromatic rings. The topological polar surface area (TPSA) is 66.9 Å². The van der Waals surface area contributed by atoms with Crippen LogP contribution in [0.1, 0.15) is 55.4 Å². The molecule has 0 radical (unpaired) electrons. The predicted molar refractivity (Wildman–Crippen MR) is 75.2 cm³/mol. The van der Waals surface area contributed by atoms with Gasteiger partial charge in [-0.3, -0.25) is 9.78 Å². The van der Waals surface area contributed by atoms with Crippen LogP contribution < -0.4 is 10.6 Å². The van der Waals surface area contributed by atoms with Crippen molar-refractivity contribution < 1.29 is 4.79 Å². The third-order valence-electron chi connectivity index (χ3n) is 3.56. The van der Waals surface area contributed by atoms with Crippen LogP contribution >= 0.6 is 0 Å². The molecular weight excluding hydrogens is 240 g/mol. The van der Waals surface area contributed by atoms with Crippen molar-refractivity contribution in [2.24, 2.45) is 0 Å². The zero-order valence-corrected chi connectivity index (χ0v) is 11.5. The standard InChI is InChI=1S/C14H22N4O/c1-15-13-10-16-9-12(18-13)14(19)17-11-7-5-3-2-4-6-8-11/h9-11H,2-8H2,1H3,(H,15,18)(H,17,19). The minimum absolute atomic E-state index is 0.116. The van der Waals surface area contributed by atoms with E-state index in [1.54, 1.807) is 13.2 Å². The van der Waals surface area contributed by atoms with Crippen LogP contribution in [0.25, 0.3) is 0 Å². The van der Waals surface area contributed by atoms with Gasteiger partial charge in [0.1, 0.15) is 11.5 Å². The first-order chi connectivity index (χ1) is 9.29. The lowest BCUT2D eigenvalue weighted by atomic mass is 9.96. The van der Waals surface area contributed by atoms with E-state index in [4.69, 9.17) is 0 Å². The van der Waals surface area contributed by atoms with Crippen LogP contribution in [0.5, 0.6) is 0 Å². The van der Waals surface area contributed by atoms with Gasteiger partial charge in [-0.05, 0) is 12.8 Å². The monoisotopic (exact) mass is 262 g/mol. The first-order valence-corrected chi connectivity index (χ1v) is 7.10. The Morgan fingerprint density at radius 1 is 1.16 bits per heavy atom. The van der Waals surface area contributed by atoms with Crippen molar-refractivity contribution in [2.45, 2.75) is 51.0 Å². The summed E-state index contributed by atoms with van der Waals surface area (Å²) in [4.78, 5) is 20.4. The zero-order valence-electron chi connectivity index (χ0n) is 11.5. The molecule has 0 unspecified atom stereocenters. The van der Waals surface area contributed by atoms with Crippen molar-refractivity contribution in [3.63, 3.8) is 0 Å². The molecule has 1 fully saturated rings. The van der Waals surface area contributed by atoms with Gasteiger partial charge in [0, 0.05) is 13.1 Å². The minimum atomic E-state index is -0.116. The first-order valence-electron chi connectivity index (χ1n) is 7.10. The quantitative estimate of drug-likeness (QED) is 0.877. The van der Waals surface area contributed by atoms with Crippen LogP contribution in [0, 0.1) is 0 Å². The summed E-state index contributed by atoms with van der Waals surface area (Å²) in [5, 5.41) is 5.98. The van der Waals surface area contributed by atoms with E-state index in [0.717, 1.165) is 12.8 Å². The number of nitrogens with zero attached hydrogens (tertiary/aromatic N) is 2. The van der Waals surface area contributed by atoms with E-state index >= 15 is 0 Å². The van der Waals surface area contributed by atoms with Crippen molar-refractivity contribution >= 4 is 11.7 Å². The maximum atomic E-state index is 12.1. The number of anilines is 1. The largest absolute Gasteiger partial charge is 0.372 e. The molecule has 0 atom stereocenters. The number of aromatic nitrogens is 2. The number of carbonyl (C=O) groups excluding carboxylic acids is 1. The van der Waals surface area contributed by atoms with Crippen LogP contribution in [-0.4, -0.2) is 29.0 Å². The molecule has 0 aromatic carbocycles. The molecule has 2 rings (SSSR count). The summed E-state index contributed by atoms with van der Waals surface area (Å²) in [6.45, 7) is 0. The van der Waals surface area contributed by atoms with Crippen LogP contribution in [-0.2, 0) is 0 Å². The number of hydrogen-bond donors (Lipinski definition) is 2. The molecule has 104 valence electrons. The highest BCUT2D eigenvalue weighted by Crippen LogP contribution is 2.17. The molecule has 1 amide bonds. The normalized spacial score (nSPS) is 17.3. The molecule has 1 aliphatic carbocycles. The summed E-state index contributed by atoms with van der Waals surface area (Å²) in [6, 6.07) is 0.285. The highest BCUT2D eigenvalue weighted by atomic mass is 16.1. The highest BCUT2D eigenvalue weighted by molar-refractivity contribution is 5.92. The van der Waals surface area contributed by atoms with Crippen LogP contribution in [0.4, 0.5) is 5.82 Å². The van der Waals surface area contributed by atoms with E-state index in [-0.39, 0.29) is 11.9 Å². The summed E-state index contributed by atoms with van der Waals surface area (Å²) in [6.07, 6.45) is 11.6. The molecule has 1 aliphatic rings. The van der Waals surface area contributed by atoms with Gasteiger partial charge in [0.05, 0.1) is 12.4 Å². The van der Waals surface area contributed by atoms with Crippen molar-refractivity contribution in [2.75, 3.05) is 12.4 Å². The van der Waals surface area contributed by atoms with Crippen molar-refractivity contribution in [3.05, 3.63) is 18.1 Å². The maximum Gasteiger partial charge on any atom is 0.271 e. The van der Waals surface area contributed by atoms with E-state index in [2.05, 4.69) is 20.6 Å². The minimum Gasteiger partial charge on any atom is -0.372 e. The summed E-state index contributed by atoms with van der Waals surface area (Å²) in [7, 11) is 1.76. The zero-order chi connectivity index (χ0) is 13.5. The van der Waals surface area contributed by atoms with E-state index in [1.807, 2.05) is 0 Å². The van der Waals surface area contributed by atoms with E-state index in [9.17, 15) is 4.79 Å².